The first-order valence-electron chi connectivity index (χ1n) is 10.9. The molecule has 34 heavy (non-hydrogen) atoms. The molecular weight excluding hydrogens is 470 g/mol. The van der Waals surface area contributed by atoms with Gasteiger partial charge in [-0.25, -0.2) is 9.78 Å². The number of thiazole rings is 1. The van der Waals surface area contributed by atoms with Gasteiger partial charge in [0.1, 0.15) is 11.1 Å². The van der Waals surface area contributed by atoms with Gasteiger partial charge in [0, 0.05) is 17.0 Å². The highest BCUT2D eigenvalue weighted by Crippen LogP contribution is 2.32. The van der Waals surface area contributed by atoms with Crippen LogP contribution in [0.25, 0.3) is 32.0 Å². The molecule has 0 N–H and O–H groups in total. The molecule has 8 heteroatoms. The second-order valence-electron chi connectivity index (χ2n) is 8.37. The highest BCUT2D eigenvalue weighted by molar-refractivity contribution is 7.22. The molecule has 2 aromatic heterocycles. The standard InChI is InChI=1S/C26H22ClN3O3S/c1-29(2)12-5-13-30(26-28-21-10-9-17(27)14-23(21)34-26)24(31)20-15-19-18-7-4-3-6-16(18)8-11-22(19)33-25(20)32/h3-4,6-11,14-15H,5,12-13H2,1-2H3. The van der Waals surface area contributed by atoms with Crippen LogP contribution >= 0.6 is 22.9 Å². The smallest absolute Gasteiger partial charge is 0.349 e. The minimum Gasteiger partial charge on any atom is -0.422 e. The Balaban J connectivity index is 1.61. The monoisotopic (exact) mass is 491 g/mol. The molecule has 0 unspecified atom stereocenters. The Kier molecular flexibility index (Phi) is 6.08. The van der Waals surface area contributed by atoms with Gasteiger partial charge in [-0.05, 0) is 68.2 Å². The Labute approximate surface area is 205 Å². The number of amides is 1. The number of nitrogens with zero attached hydrogens (tertiary/aromatic N) is 3. The first kappa shape index (κ1) is 22.5. The van der Waals surface area contributed by atoms with E-state index in [2.05, 4.69) is 9.88 Å². The lowest BCUT2D eigenvalue weighted by Crippen LogP contribution is -2.36. The van der Waals surface area contributed by atoms with Gasteiger partial charge in [-0.2, -0.15) is 0 Å². The van der Waals surface area contributed by atoms with E-state index < -0.39 is 11.5 Å². The van der Waals surface area contributed by atoms with Crippen LogP contribution in [-0.4, -0.2) is 43.0 Å². The highest BCUT2D eigenvalue weighted by atomic mass is 35.5. The zero-order chi connectivity index (χ0) is 23.8. The largest absolute Gasteiger partial charge is 0.422 e. The Morgan fingerprint density at radius 2 is 1.85 bits per heavy atom. The van der Waals surface area contributed by atoms with Crippen molar-refractivity contribution in [2.45, 2.75) is 6.42 Å². The van der Waals surface area contributed by atoms with Gasteiger partial charge >= 0.3 is 5.63 Å². The van der Waals surface area contributed by atoms with E-state index in [-0.39, 0.29) is 5.56 Å². The van der Waals surface area contributed by atoms with Gasteiger partial charge in [0.2, 0.25) is 0 Å². The summed E-state index contributed by atoms with van der Waals surface area (Å²) in [7, 11) is 3.96. The Morgan fingerprint density at radius 1 is 1.03 bits per heavy atom. The summed E-state index contributed by atoms with van der Waals surface area (Å²) >= 11 is 7.52. The van der Waals surface area contributed by atoms with E-state index >= 15 is 0 Å². The van der Waals surface area contributed by atoms with Crippen LogP contribution in [0.2, 0.25) is 5.02 Å². The number of rotatable bonds is 6. The van der Waals surface area contributed by atoms with Crippen LogP contribution in [0.5, 0.6) is 0 Å². The van der Waals surface area contributed by atoms with E-state index in [4.69, 9.17) is 16.0 Å². The average molecular weight is 492 g/mol. The van der Waals surface area contributed by atoms with Crippen molar-refractivity contribution in [2.75, 3.05) is 32.1 Å². The summed E-state index contributed by atoms with van der Waals surface area (Å²) in [5.74, 6) is -0.424. The van der Waals surface area contributed by atoms with Crippen molar-refractivity contribution in [1.29, 1.82) is 0 Å². The molecule has 0 spiro atoms. The molecule has 0 saturated carbocycles. The fourth-order valence-electron chi connectivity index (χ4n) is 4.00. The number of hydrogen-bond donors (Lipinski definition) is 0. The van der Waals surface area contributed by atoms with Crippen molar-refractivity contribution < 1.29 is 9.21 Å². The number of aromatic nitrogens is 1. The molecule has 0 aliphatic rings. The lowest BCUT2D eigenvalue weighted by Gasteiger charge is -2.20. The molecular formula is C26H22ClN3O3S. The third-order valence-corrected chi connectivity index (χ3v) is 6.95. The van der Waals surface area contributed by atoms with E-state index in [0.717, 1.165) is 39.3 Å². The topological polar surface area (TPSA) is 66.7 Å². The molecule has 3 aromatic carbocycles. The summed E-state index contributed by atoms with van der Waals surface area (Å²) in [6.45, 7) is 1.20. The van der Waals surface area contributed by atoms with Gasteiger partial charge in [-0.15, -0.1) is 0 Å². The summed E-state index contributed by atoms with van der Waals surface area (Å²) in [5.41, 5.74) is 0.543. The number of fused-ring (bicyclic) bond motifs is 4. The van der Waals surface area contributed by atoms with Crippen molar-refractivity contribution in [1.82, 2.24) is 9.88 Å². The summed E-state index contributed by atoms with van der Waals surface area (Å²) in [4.78, 5) is 34.9. The van der Waals surface area contributed by atoms with Gasteiger partial charge in [-0.3, -0.25) is 9.69 Å². The molecule has 1 amide bonds. The number of hydrogen-bond acceptors (Lipinski definition) is 6. The van der Waals surface area contributed by atoms with Crippen LogP contribution in [0.1, 0.15) is 16.8 Å². The number of anilines is 1. The summed E-state index contributed by atoms with van der Waals surface area (Å²) in [6, 6.07) is 18.6. The minimum absolute atomic E-state index is 0.00834. The molecule has 5 aromatic rings. The molecule has 0 fully saturated rings. The SMILES string of the molecule is CN(C)CCCN(C(=O)c1cc2c(ccc3ccccc32)oc1=O)c1nc2ccc(Cl)cc2s1. The molecule has 5 rings (SSSR count). The van der Waals surface area contributed by atoms with Crippen molar-refractivity contribution in [3.05, 3.63) is 81.7 Å². The van der Waals surface area contributed by atoms with Crippen LogP contribution in [0.4, 0.5) is 5.13 Å². The maximum absolute atomic E-state index is 13.8. The van der Waals surface area contributed by atoms with Crippen molar-refractivity contribution in [3.63, 3.8) is 0 Å². The lowest BCUT2D eigenvalue weighted by molar-refractivity contribution is 0.0982. The molecule has 0 radical (unpaired) electrons. The fourth-order valence-corrected chi connectivity index (χ4v) is 5.26. The Morgan fingerprint density at radius 3 is 2.68 bits per heavy atom. The number of carbonyl (C=O) groups excluding carboxylic acids is 1. The van der Waals surface area contributed by atoms with Crippen LogP contribution in [0.3, 0.4) is 0 Å². The zero-order valence-electron chi connectivity index (χ0n) is 18.7. The molecule has 0 aliphatic heterocycles. The second-order valence-corrected chi connectivity index (χ2v) is 9.81. The van der Waals surface area contributed by atoms with E-state index in [1.165, 1.54) is 11.3 Å². The summed E-state index contributed by atoms with van der Waals surface area (Å²) in [6.07, 6.45) is 0.720. The predicted molar refractivity (Wildman–Crippen MR) is 139 cm³/mol. The predicted octanol–water partition coefficient (Wildman–Crippen LogP) is 5.81. The third kappa shape index (κ3) is 4.30. The minimum atomic E-state index is -0.658. The Hall–Kier alpha value is -3.26. The van der Waals surface area contributed by atoms with Gasteiger partial charge in [0.15, 0.2) is 5.13 Å². The molecule has 172 valence electrons. The van der Waals surface area contributed by atoms with Crippen molar-refractivity contribution in [2.24, 2.45) is 0 Å². The first-order chi connectivity index (χ1) is 16.4. The van der Waals surface area contributed by atoms with E-state index in [1.54, 1.807) is 23.1 Å². The van der Waals surface area contributed by atoms with E-state index in [1.807, 2.05) is 56.6 Å². The number of benzene rings is 3. The van der Waals surface area contributed by atoms with Gasteiger partial charge in [-0.1, -0.05) is 53.3 Å². The first-order valence-corrected chi connectivity index (χ1v) is 12.1. The molecule has 0 atom stereocenters. The summed E-state index contributed by atoms with van der Waals surface area (Å²) < 4.78 is 6.46. The van der Waals surface area contributed by atoms with Crippen molar-refractivity contribution >= 4 is 65.9 Å². The van der Waals surface area contributed by atoms with Crippen LogP contribution in [0.15, 0.2) is 69.9 Å². The second kappa shape index (κ2) is 9.18. The molecule has 0 aliphatic carbocycles. The van der Waals surface area contributed by atoms with Crippen molar-refractivity contribution in [3.8, 4) is 0 Å². The highest BCUT2D eigenvalue weighted by Gasteiger charge is 2.25. The lowest BCUT2D eigenvalue weighted by atomic mass is 10.0. The molecule has 0 bridgehead atoms. The third-order valence-electron chi connectivity index (χ3n) is 5.67. The number of carbonyl (C=O) groups is 1. The van der Waals surface area contributed by atoms with Crippen LogP contribution in [0, 0.1) is 0 Å². The van der Waals surface area contributed by atoms with E-state index in [9.17, 15) is 9.59 Å². The quantitative estimate of drug-likeness (QED) is 0.221. The molecule has 2 heterocycles. The Bertz CT molecular complexity index is 1590. The number of halogens is 1. The summed E-state index contributed by atoms with van der Waals surface area (Å²) in [5, 5.41) is 3.79. The van der Waals surface area contributed by atoms with E-state index in [0.29, 0.717) is 22.3 Å². The fraction of sp³-hybridized carbons (Fsp3) is 0.192. The maximum Gasteiger partial charge on any atom is 0.349 e. The van der Waals surface area contributed by atoms with Gasteiger partial charge in [0.25, 0.3) is 5.91 Å². The van der Waals surface area contributed by atoms with Crippen LogP contribution < -0.4 is 10.5 Å². The maximum atomic E-state index is 13.8. The molecule has 0 saturated heterocycles. The van der Waals surface area contributed by atoms with Gasteiger partial charge < -0.3 is 9.32 Å². The normalized spacial score (nSPS) is 11.6. The van der Waals surface area contributed by atoms with Crippen LogP contribution in [-0.2, 0) is 0 Å². The zero-order valence-corrected chi connectivity index (χ0v) is 20.3. The molecule has 6 nitrogen and oxygen atoms in total. The van der Waals surface area contributed by atoms with Gasteiger partial charge in [0.05, 0.1) is 10.2 Å². The average Bonchev–Trinajstić information content (AvgIpc) is 3.23.